The molecule has 0 aliphatic heterocycles. The van der Waals surface area contributed by atoms with Gasteiger partial charge in [0.2, 0.25) is 5.91 Å². The minimum atomic E-state index is -4.62. The molecule has 0 aromatic heterocycles. The molecular weight excluding hydrogens is 1020 g/mol. The molecule has 1 amide bonds. The number of aliphatic hydroxyl groups is 1. The highest BCUT2D eigenvalue weighted by Crippen LogP contribution is 2.38. The number of phosphoric acid groups is 1. The molecule has 0 aliphatic carbocycles. The van der Waals surface area contributed by atoms with Crippen molar-refractivity contribution in [3.05, 3.63) is 85.1 Å². The van der Waals surface area contributed by atoms with Gasteiger partial charge in [-0.05, 0) is 83.5 Å². The monoisotopic (exact) mass is 1150 g/mol. The topological polar surface area (TPSA) is 108 Å². The van der Waals surface area contributed by atoms with Gasteiger partial charge in [-0.25, -0.2) is 0 Å². The third-order valence-corrected chi connectivity index (χ3v) is 16.3. The number of hydrogen-bond acceptors (Lipinski definition) is 6. The number of hydrogen-bond donors (Lipinski definition) is 2. The summed E-state index contributed by atoms with van der Waals surface area (Å²) in [5.74, 6) is -0.210. The first-order chi connectivity index (χ1) is 39.5. The van der Waals surface area contributed by atoms with Gasteiger partial charge in [0.25, 0.3) is 7.82 Å². The lowest BCUT2D eigenvalue weighted by Gasteiger charge is -2.29. The van der Waals surface area contributed by atoms with Crippen LogP contribution >= 0.6 is 7.82 Å². The number of nitrogens with zero attached hydrogens (tertiary/aromatic N) is 1. The predicted molar refractivity (Wildman–Crippen MR) is 353 cm³/mol. The van der Waals surface area contributed by atoms with Crippen LogP contribution in [0, 0.1) is 0 Å². The Labute approximate surface area is 503 Å². The van der Waals surface area contributed by atoms with E-state index in [1.165, 1.54) is 225 Å². The highest BCUT2D eigenvalue weighted by atomic mass is 31.2. The fraction of sp³-hybridized carbons (Fsp3) is 0.792. The van der Waals surface area contributed by atoms with Crippen LogP contribution in [0.2, 0.25) is 0 Å². The molecule has 0 radical (unpaired) electrons. The molecule has 0 aromatic rings. The Morgan fingerprint density at radius 2 is 0.765 bits per heavy atom. The number of likely N-dealkylation sites (N-methyl/N-ethyl adjacent to an activating group) is 1. The van der Waals surface area contributed by atoms with Crippen molar-refractivity contribution >= 4 is 13.7 Å². The van der Waals surface area contributed by atoms with E-state index in [1.54, 1.807) is 6.08 Å². The molecular formula is C72H133N2O6P. The zero-order valence-electron chi connectivity index (χ0n) is 54.0. The van der Waals surface area contributed by atoms with Gasteiger partial charge in [0.05, 0.1) is 39.9 Å². The highest BCUT2D eigenvalue weighted by molar-refractivity contribution is 7.45. The van der Waals surface area contributed by atoms with Gasteiger partial charge < -0.3 is 28.8 Å². The van der Waals surface area contributed by atoms with Crippen LogP contribution in [0.25, 0.3) is 0 Å². The van der Waals surface area contributed by atoms with Crippen LogP contribution < -0.4 is 10.2 Å². The van der Waals surface area contributed by atoms with E-state index in [-0.39, 0.29) is 12.5 Å². The van der Waals surface area contributed by atoms with Crippen molar-refractivity contribution in [2.75, 3.05) is 40.9 Å². The largest absolute Gasteiger partial charge is 0.756 e. The number of quaternary nitrogens is 1. The SMILES string of the molecule is CC/C=C\C/C=C\C/C=C\C/C=C\CCCCCCCCCCCCCCCCCCC(=O)NC(COP(=O)([O-])OCC[N+](C)(C)C)C(O)/C=C/CC/C=C/CC/C=C/CCCCCCCCCCCCCCCCCCCCCC. The molecule has 472 valence electrons. The molecule has 0 saturated carbocycles. The summed E-state index contributed by atoms with van der Waals surface area (Å²) >= 11 is 0. The fourth-order valence-electron chi connectivity index (χ4n) is 10.0. The van der Waals surface area contributed by atoms with Crippen molar-refractivity contribution in [2.24, 2.45) is 0 Å². The molecule has 0 spiro atoms. The molecule has 0 heterocycles. The van der Waals surface area contributed by atoms with Gasteiger partial charge in [-0.15, -0.1) is 0 Å². The molecule has 81 heavy (non-hydrogen) atoms. The third-order valence-electron chi connectivity index (χ3n) is 15.3. The van der Waals surface area contributed by atoms with Gasteiger partial charge in [0.1, 0.15) is 13.2 Å². The number of phosphoric ester groups is 1. The molecule has 0 aromatic carbocycles. The molecule has 0 rings (SSSR count). The number of amides is 1. The zero-order chi connectivity index (χ0) is 59.1. The second-order valence-electron chi connectivity index (χ2n) is 24.5. The number of carbonyl (C=O) groups is 1. The molecule has 0 bridgehead atoms. The Balaban J connectivity index is 4.14. The predicted octanol–water partition coefficient (Wildman–Crippen LogP) is 21.3. The van der Waals surface area contributed by atoms with Crippen LogP contribution in [0.1, 0.15) is 316 Å². The van der Waals surface area contributed by atoms with E-state index in [9.17, 15) is 19.4 Å². The van der Waals surface area contributed by atoms with E-state index in [1.807, 2.05) is 27.2 Å². The second-order valence-corrected chi connectivity index (χ2v) is 25.9. The van der Waals surface area contributed by atoms with Crippen molar-refractivity contribution in [1.29, 1.82) is 0 Å². The maximum atomic E-state index is 13.0. The maximum Gasteiger partial charge on any atom is 0.268 e. The van der Waals surface area contributed by atoms with Crippen LogP contribution in [0.15, 0.2) is 85.1 Å². The third kappa shape index (κ3) is 65.1. The number of carbonyl (C=O) groups excluding carboxylic acids is 1. The molecule has 0 fully saturated rings. The molecule has 0 saturated heterocycles. The number of unbranched alkanes of at least 4 members (excludes halogenated alkanes) is 38. The Morgan fingerprint density at radius 3 is 1.15 bits per heavy atom. The van der Waals surface area contributed by atoms with Gasteiger partial charge in [-0.3, -0.25) is 9.36 Å². The van der Waals surface area contributed by atoms with Crippen molar-refractivity contribution in [3.63, 3.8) is 0 Å². The average molecular weight is 1150 g/mol. The van der Waals surface area contributed by atoms with E-state index in [0.717, 1.165) is 70.6 Å². The zero-order valence-corrected chi connectivity index (χ0v) is 54.9. The molecule has 0 aliphatic rings. The molecule has 9 heteroatoms. The Bertz CT molecular complexity index is 1600. The summed E-state index contributed by atoms with van der Waals surface area (Å²) in [6.45, 7) is 4.54. The van der Waals surface area contributed by atoms with Gasteiger partial charge in [-0.2, -0.15) is 0 Å². The van der Waals surface area contributed by atoms with Crippen molar-refractivity contribution in [2.45, 2.75) is 328 Å². The summed E-state index contributed by atoms with van der Waals surface area (Å²) in [4.78, 5) is 25.6. The number of allylic oxidation sites excluding steroid dienone is 13. The van der Waals surface area contributed by atoms with E-state index in [0.29, 0.717) is 17.4 Å². The van der Waals surface area contributed by atoms with E-state index < -0.39 is 26.6 Å². The van der Waals surface area contributed by atoms with Gasteiger partial charge in [-0.1, -0.05) is 311 Å². The second kappa shape index (κ2) is 62.2. The molecule has 3 atom stereocenters. The fourth-order valence-corrected chi connectivity index (χ4v) is 10.7. The Hall–Kier alpha value is -2.32. The van der Waals surface area contributed by atoms with Crippen molar-refractivity contribution in [1.82, 2.24) is 5.32 Å². The summed E-state index contributed by atoms with van der Waals surface area (Å²) in [7, 11) is 1.24. The smallest absolute Gasteiger partial charge is 0.268 e. The maximum absolute atomic E-state index is 13.0. The van der Waals surface area contributed by atoms with Crippen LogP contribution in [-0.4, -0.2) is 68.5 Å². The Kier molecular flexibility index (Phi) is 60.4. The van der Waals surface area contributed by atoms with Crippen LogP contribution in [0.4, 0.5) is 0 Å². The molecule has 8 nitrogen and oxygen atoms in total. The first-order valence-electron chi connectivity index (χ1n) is 34.4. The van der Waals surface area contributed by atoms with E-state index in [2.05, 4.69) is 92.1 Å². The number of nitrogens with one attached hydrogen (secondary N) is 1. The lowest BCUT2D eigenvalue weighted by Crippen LogP contribution is -2.45. The minimum Gasteiger partial charge on any atom is -0.756 e. The van der Waals surface area contributed by atoms with E-state index >= 15 is 0 Å². The molecule has 2 N–H and O–H groups in total. The molecule has 3 unspecified atom stereocenters. The Morgan fingerprint density at radius 1 is 0.444 bits per heavy atom. The van der Waals surface area contributed by atoms with E-state index in [4.69, 9.17) is 9.05 Å². The highest BCUT2D eigenvalue weighted by Gasteiger charge is 2.23. The van der Waals surface area contributed by atoms with Crippen molar-refractivity contribution in [3.8, 4) is 0 Å². The summed E-state index contributed by atoms with van der Waals surface area (Å²) < 4.78 is 23.4. The van der Waals surface area contributed by atoms with Crippen LogP contribution in [0.3, 0.4) is 0 Å². The summed E-state index contributed by atoms with van der Waals surface area (Å²) in [5, 5.41) is 13.9. The lowest BCUT2D eigenvalue weighted by atomic mass is 10.0. The normalized spacial score (nSPS) is 14.2. The summed E-state index contributed by atoms with van der Waals surface area (Å²) in [5.41, 5.74) is 0. The number of rotatable bonds is 63. The summed E-state index contributed by atoms with van der Waals surface area (Å²) in [6.07, 6.45) is 88.5. The van der Waals surface area contributed by atoms with Crippen molar-refractivity contribution < 1.29 is 32.9 Å². The first kappa shape index (κ1) is 78.7. The number of aliphatic hydroxyl groups excluding tert-OH is 1. The lowest BCUT2D eigenvalue weighted by molar-refractivity contribution is -0.870. The van der Waals surface area contributed by atoms with Crippen LogP contribution in [0.5, 0.6) is 0 Å². The van der Waals surface area contributed by atoms with Gasteiger partial charge in [0, 0.05) is 6.42 Å². The summed E-state index contributed by atoms with van der Waals surface area (Å²) in [6, 6.07) is -0.915. The standard InChI is InChI=1S/C72H133N2O6P/c1-6-8-10-12-14-16-18-20-22-24-26-28-30-32-34-36-38-39-41-43-45-47-49-51-53-55-57-59-61-63-65-71(75)70(69-80-81(77,78)79-68-67-74(3,4)5)73-72(76)66-64-62-60-58-56-54-52-50-48-46-44-42-40-37-35-33-31-29-27-25-23-21-19-17-15-13-11-9-7-2/h9,11,15,17,21,23,27,29,47,49,55,57,63,65,70-71,75H,6-8,10,12-14,16,18-20,22,24-26,28,30-46,48,50-54,56,58-62,64,66-69H2,1-5H3,(H-,73,76,77,78)/b11-9-,17-15-,23-21-,29-27-,49-47+,57-55+,65-63+. The van der Waals surface area contributed by atoms with Gasteiger partial charge >= 0.3 is 0 Å². The first-order valence-corrected chi connectivity index (χ1v) is 35.9. The van der Waals surface area contributed by atoms with Crippen LogP contribution in [-0.2, 0) is 18.4 Å². The quantitative estimate of drug-likeness (QED) is 0.0272. The average Bonchev–Trinajstić information content (AvgIpc) is 3.43. The minimum absolute atomic E-state index is 0.0111. The van der Waals surface area contributed by atoms with Gasteiger partial charge in [0.15, 0.2) is 0 Å².